The first-order chi connectivity index (χ1) is 4.54. The summed E-state index contributed by atoms with van der Waals surface area (Å²) in [7, 11) is 0. The van der Waals surface area contributed by atoms with Gasteiger partial charge in [-0.3, -0.25) is 4.79 Å². The third-order valence-corrected chi connectivity index (χ3v) is 1.75. The smallest absolute Gasteiger partial charge is 0.317 e. The fraction of sp³-hybridized carbons (Fsp3) is 0.571. The molecule has 0 aromatic rings. The van der Waals surface area contributed by atoms with E-state index in [4.69, 9.17) is 11.6 Å². The predicted molar refractivity (Wildman–Crippen MR) is 40.8 cm³/mol. The van der Waals surface area contributed by atoms with E-state index in [2.05, 4.69) is 11.3 Å². The van der Waals surface area contributed by atoms with Crippen LogP contribution in [-0.4, -0.2) is 11.8 Å². The van der Waals surface area contributed by atoms with Gasteiger partial charge < -0.3 is 4.74 Å². The van der Waals surface area contributed by atoms with Crippen molar-refractivity contribution in [1.29, 1.82) is 0 Å². The second kappa shape index (κ2) is 3.62. The van der Waals surface area contributed by atoms with Gasteiger partial charge in [-0.2, -0.15) is 0 Å². The zero-order valence-corrected chi connectivity index (χ0v) is 6.94. The Balaban J connectivity index is 4.03. The molecular weight excluding hydrogens is 152 g/mol. The van der Waals surface area contributed by atoms with E-state index < -0.39 is 5.41 Å². The van der Waals surface area contributed by atoms with Crippen molar-refractivity contribution in [3.05, 3.63) is 12.8 Å². The minimum Gasteiger partial charge on any atom is -0.435 e. The van der Waals surface area contributed by atoms with Gasteiger partial charge in [0.05, 0.1) is 11.7 Å². The van der Waals surface area contributed by atoms with Crippen LogP contribution in [0.2, 0.25) is 0 Å². The highest BCUT2D eigenvalue weighted by molar-refractivity contribution is 6.19. The molecule has 0 spiro atoms. The summed E-state index contributed by atoms with van der Waals surface area (Å²) in [5, 5.41) is 0. The average Bonchev–Trinajstić information content (AvgIpc) is 1.89. The molecule has 0 saturated heterocycles. The number of ether oxygens (including phenoxy) is 1. The summed E-state index contributed by atoms with van der Waals surface area (Å²) in [5.41, 5.74) is -0.615. The van der Waals surface area contributed by atoms with E-state index in [1.807, 2.05) is 0 Å². The molecule has 0 unspecified atom stereocenters. The normalized spacial score (nSPS) is 10.7. The molecule has 0 fully saturated rings. The molecule has 0 amide bonds. The summed E-state index contributed by atoms with van der Waals surface area (Å²) in [6.07, 6.45) is 1.11. The molecule has 0 aliphatic carbocycles. The Morgan fingerprint density at radius 3 is 2.60 bits per heavy atom. The van der Waals surface area contributed by atoms with Crippen LogP contribution in [0.25, 0.3) is 0 Å². The maximum atomic E-state index is 10.9. The van der Waals surface area contributed by atoms with Crippen LogP contribution in [0.15, 0.2) is 12.8 Å². The van der Waals surface area contributed by atoms with Crippen LogP contribution in [0.1, 0.15) is 13.8 Å². The number of carbonyl (C=O) groups is 1. The fourth-order valence-electron chi connectivity index (χ4n) is 0.290. The molecule has 0 radical (unpaired) electrons. The highest BCUT2D eigenvalue weighted by Gasteiger charge is 2.27. The molecule has 0 aliphatic rings. The van der Waals surface area contributed by atoms with Gasteiger partial charge in [0.2, 0.25) is 0 Å². The van der Waals surface area contributed by atoms with Crippen LogP contribution in [0.5, 0.6) is 0 Å². The Hall–Kier alpha value is -0.500. The van der Waals surface area contributed by atoms with E-state index in [1.54, 1.807) is 13.8 Å². The maximum absolute atomic E-state index is 10.9. The summed E-state index contributed by atoms with van der Waals surface area (Å²) >= 11 is 5.49. The molecule has 2 nitrogen and oxygen atoms in total. The monoisotopic (exact) mass is 162 g/mol. The molecule has 58 valence electrons. The van der Waals surface area contributed by atoms with Gasteiger partial charge in [-0.05, 0) is 13.8 Å². The SMILES string of the molecule is C=COC(=O)C(C)(C)CCl. The topological polar surface area (TPSA) is 26.3 Å². The fourth-order valence-corrected chi connectivity index (χ4v) is 0.399. The molecule has 0 rings (SSSR count). The second-order valence-electron chi connectivity index (χ2n) is 2.59. The van der Waals surface area contributed by atoms with E-state index in [-0.39, 0.29) is 11.8 Å². The Labute approximate surface area is 65.8 Å². The highest BCUT2D eigenvalue weighted by Crippen LogP contribution is 2.18. The molecule has 0 aliphatic heterocycles. The van der Waals surface area contributed by atoms with Crippen molar-refractivity contribution in [1.82, 2.24) is 0 Å². The van der Waals surface area contributed by atoms with Gasteiger partial charge in [0, 0.05) is 5.88 Å². The van der Waals surface area contributed by atoms with Crippen LogP contribution in [-0.2, 0) is 9.53 Å². The zero-order chi connectivity index (χ0) is 8.20. The van der Waals surface area contributed by atoms with E-state index in [1.165, 1.54) is 0 Å². The quantitative estimate of drug-likeness (QED) is 0.360. The Morgan fingerprint density at radius 1 is 1.80 bits per heavy atom. The van der Waals surface area contributed by atoms with Crippen molar-refractivity contribution in [3.63, 3.8) is 0 Å². The minimum absolute atomic E-state index is 0.250. The zero-order valence-electron chi connectivity index (χ0n) is 6.19. The Kier molecular flexibility index (Phi) is 3.43. The van der Waals surface area contributed by atoms with Crippen LogP contribution in [0.3, 0.4) is 0 Å². The van der Waals surface area contributed by atoms with Crippen molar-refractivity contribution in [3.8, 4) is 0 Å². The molecule has 0 aromatic heterocycles. The number of hydrogen-bond donors (Lipinski definition) is 0. The molecular formula is C7H11ClO2. The number of carbonyl (C=O) groups excluding carboxylic acids is 1. The molecule has 0 bridgehead atoms. The summed E-state index contributed by atoms with van der Waals surface area (Å²) < 4.78 is 4.54. The number of hydrogen-bond acceptors (Lipinski definition) is 2. The lowest BCUT2D eigenvalue weighted by atomic mass is 9.97. The van der Waals surface area contributed by atoms with Gasteiger partial charge in [0.1, 0.15) is 0 Å². The van der Waals surface area contributed by atoms with Crippen LogP contribution in [0, 0.1) is 5.41 Å². The number of rotatable bonds is 3. The molecule has 0 atom stereocenters. The van der Waals surface area contributed by atoms with Gasteiger partial charge in [0.15, 0.2) is 0 Å². The molecule has 0 N–H and O–H groups in total. The summed E-state index contributed by atoms with van der Waals surface area (Å²) in [6, 6.07) is 0. The van der Waals surface area contributed by atoms with Gasteiger partial charge in [-0.15, -0.1) is 11.6 Å². The maximum Gasteiger partial charge on any atom is 0.317 e. The van der Waals surface area contributed by atoms with Gasteiger partial charge >= 0.3 is 5.97 Å². The highest BCUT2D eigenvalue weighted by atomic mass is 35.5. The van der Waals surface area contributed by atoms with Gasteiger partial charge in [0.25, 0.3) is 0 Å². The summed E-state index contributed by atoms with van der Waals surface area (Å²) in [5.74, 6) is -0.0999. The lowest BCUT2D eigenvalue weighted by molar-refractivity contribution is -0.146. The van der Waals surface area contributed by atoms with E-state index in [9.17, 15) is 4.79 Å². The van der Waals surface area contributed by atoms with Crippen molar-refractivity contribution >= 4 is 17.6 Å². The molecule has 0 heterocycles. The lowest BCUT2D eigenvalue weighted by Gasteiger charge is -2.16. The van der Waals surface area contributed by atoms with Crippen LogP contribution >= 0.6 is 11.6 Å². The van der Waals surface area contributed by atoms with Gasteiger partial charge in [-0.1, -0.05) is 6.58 Å². The minimum atomic E-state index is -0.615. The van der Waals surface area contributed by atoms with E-state index in [0.29, 0.717) is 0 Å². The lowest BCUT2D eigenvalue weighted by Crippen LogP contribution is -2.26. The average molecular weight is 163 g/mol. The summed E-state index contributed by atoms with van der Waals surface area (Å²) in [4.78, 5) is 10.9. The molecule has 0 aromatic carbocycles. The first-order valence-electron chi connectivity index (χ1n) is 2.92. The molecule has 0 saturated carbocycles. The number of alkyl halides is 1. The van der Waals surface area contributed by atoms with Crippen molar-refractivity contribution in [2.45, 2.75) is 13.8 Å². The van der Waals surface area contributed by atoms with E-state index in [0.717, 1.165) is 6.26 Å². The third kappa shape index (κ3) is 2.40. The largest absolute Gasteiger partial charge is 0.435 e. The summed E-state index contributed by atoms with van der Waals surface area (Å²) in [6.45, 7) is 6.69. The first-order valence-corrected chi connectivity index (χ1v) is 3.46. The molecule has 10 heavy (non-hydrogen) atoms. The third-order valence-electron chi connectivity index (χ3n) is 1.08. The van der Waals surface area contributed by atoms with Gasteiger partial charge in [-0.25, -0.2) is 0 Å². The van der Waals surface area contributed by atoms with Crippen LogP contribution in [0.4, 0.5) is 0 Å². The number of esters is 1. The first kappa shape index (κ1) is 9.50. The number of halogens is 1. The van der Waals surface area contributed by atoms with Crippen LogP contribution < -0.4 is 0 Å². The second-order valence-corrected chi connectivity index (χ2v) is 2.86. The van der Waals surface area contributed by atoms with Crippen molar-refractivity contribution in [2.24, 2.45) is 5.41 Å². The standard InChI is InChI=1S/C7H11ClO2/c1-4-10-6(9)7(2,3)5-8/h4H,1,5H2,2-3H3. The predicted octanol–water partition coefficient (Wildman–Crippen LogP) is 1.94. The van der Waals surface area contributed by atoms with E-state index >= 15 is 0 Å². The molecule has 3 heteroatoms. The van der Waals surface area contributed by atoms with Crippen molar-refractivity contribution in [2.75, 3.05) is 5.88 Å². The van der Waals surface area contributed by atoms with Crippen molar-refractivity contribution < 1.29 is 9.53 Å². The Morgan fingerprint density at radius 2 is 2.30 bits per heavy atom. The Bertz CT molecular complexity index is 141.